The number of benzene rings is 1. The number of nitrogens with two attached hydrogens (primary N) is 1. The molecule has 0 aromatic heterocycles. The van der Waals surface area contributed by atoms with Crippen LogP contribution in [0.15, 0.2) is 34.2 Å². The molecule has 4 nitrogen and oxygen atoms in total. The summed E-state index contributed by atoms with van der Waals surface area (Å²) in [5.74, 6) is -0.710. The van der Waals surface area contributed by atoms with E-state index >= 15 is 0 Å². The zero-order valence-corrected chi connectivity index (χ0v) is 10.6. The minimum absolute atomic E-state index is 0.00762. The van der Waals surface area contributed by atoms with Gasteiger partial charge in [0.15, 0.2) is 0 Å². The van der Waals surface area contributed by atoms with E-state index in [0.29, 0.717) is 5.57 Å². The summed E-state index contributed by atoms with van der Waals surface area (Å²) in [6.07, 6.45) is 0. The van der Waals surface area contributed by atoms with Crippen molar-refractivity contribution in [3.8, 4) is 5.75 Å². The first-order valence-electron chi connectivity index (χ1n) is 4.55. The molecule has 0 heterocycles. The maximum absolute atomic E-state index is 12.9. The van der Waals surface area contributed by atoms with E-state index in [0.717, 1.165) is 12.1 Å². The van der Waals surface area contributed by atoms with E-state index in [1.807, 2.05) is 0 Å². The molecular weight excluding hydrogens is 269 g/mol. The SMILES string of the molecule is C/C(=C/Cl)COc1ccc(F)cc1S(N)(=O)=O. The van der Waals surface area contributed by atoms with Crippen LogP contribution in [0.2, 0.25) is 0 Å². The molecule has 0 spiro atoms. The van der Waals surface area contributed by atoms with E-state index in [1.54, 1.807) is 6.92 Å². The van der Waals surface area contributed by atoms with Crippen molar-refractivity contribution >= 4 is 21.6 Å². The van der Waals surface area contributed by atoms with Gasteiger partial charge < -0.3 is 4.74 Å². The lowest BCUT2D eigenvalue weighted by Crippen LogP contribution is -2.14. The molecule has 17 heavy (non-hydrogen) atoms. The van der Waals surface area contributed by atoms with Crippen LogP contribution >= 0.6 is 11.6 Å². The maximum atomic E-state index is 12.9. The van der Waals surface area contributed by atoms with Gasteiger partial charge in [-0.05, 0) is 30.7 Å². The van der Waals surface area contributed by atoms with E-state index in [4.69, 9.17) is 21.5 Å². The summed E-state index contributed by atoms with van der Waals surface area (Å²) in [7, 11) is -4.03. The van der Waals surface area contributed by atoms with Crippen molar-refractivity contribution in [3.05, 3.63) is 35.1 Å². The molecule has 2 N–H and O–H groups in total. The first-order chi connectivity index (χ1) is 7.84. The van der Waals surface area contributed by atoms with Gasteiger partial charge in [-0.25, -0.2) is 17.9 Å². The summed E-state index contributed by atoms with van der Waals surface area (Å²) in [6, 6.07) is 3.10. The van der Waals surface area contributed by atoms with E-state index in [1.165, 1.54) is 11.6 Å². The average molecular weight is 280 g/mol. The zero-order chi connectivity index (χ0) is 13.1. The number of hydrogen-bond acceptors (Lipinski definition) is 3. The lowest BCUT2D eigenvalue weighted by Gasteiger charge is -2.10. The molecule has 0 amide bonds. The van der Waals surface area contributed by atoms with E-state index < -0.39 is 15.8 Å². The molecule has 0 atom stereocenters. The van der Waals surface area contributed by atoms with Crippen LogP contribution in [0.5, 0.6) is 5.75 Å². The minimum Gasteiger partial charge on any atom is -0.488 e. The van der Waals surface area contributed by atoms with Crippen molar-refractivity contribution < 1.29 is 17.5 Å². The van der Waals surface area contributed by atoms with Crippen LogP contribution in [-0.2, 0) is 10.0 Å². The number of hydrogen-bond donors (Lipinski definition) is 1. The molecule has 0 aliphatic heterocycles. The highest BCUT2D eigenvalue weighted by Crippen LogP contribution is 2.24. The van der Waals surface area contributed by atoms with Gasteiger partial charge in [-0.15, -0.1) is 0 Å². The second kappa shape index (κ2) is 5.48. The van der Waals surface area contributed by atoms with Crippen LogP contribution in [0.4, 0.5) is 4.39 Å². The number of halogens is 2. The smallest absolute Gasteiger partial charge is 0.241 e. The molecular formula is C10H11ClFNO3S. The van der Waals surface area contributed by atoms with Crippen molar-refractivity contribution in [1.82, 2.24) is 0 Å². The molecule has 0 radical (unpaired) electrons. The Labute approximate surface area is 104 Å². The van der Waals surface area contributed by atoms with Gasteiger partial charge in [-0.1, -0.05) is 11.6 Å². The monoisotopic (exact) mass is 279 g/mol. The van der Waals surface area contributed by atoms with Crippen molar-refractivity contribution in [2.45, 2.75) is 11.8 Å². The summed E-state index contributed by atoms with van der Waals surface area (Å²) >= 11 is 5.43. The highest BCUT2D eigenvalue weighted by molar-refractivity contribution is 7.89. The third-order valence-corrected chi connectivity index (χ3v) is 3.16. The summed E-state index contributed by atoms with van der Waals surface area (Å²) in [5, 5.41) is 4.95. The fourth-order valence-electron chi connectivity index (χ4n) is 1.05. The summed E-state index contributed by atoms with van der Waals surface area (Å²) in [6.45, 7) is 1.80. The second-order valence-corrected chi connectivity index (χ2v) is 5.13. The second-order valence-electron chi connectivity index (χ2n) is 3.38. The Kier molecular flexibility index (Phi) is 4.50. The third kappa shape index (κ3) is 3.99. The molecule has 1 rings (SSSR count). The predicted molar refractivity (Wildman–Crippen MR) is 62.9 cm³/mol. The topological polar surface area (TPSA) is 69.4 Å². The Bertz CT molecular complexity index is 542. The van der Waals surface area contributed by atoms with Gasteiger partial charge in [0.25, 0.3) is 0 Å². The molecule has 0 unspecified atom stereocenters. The summed E-state index contributed by atoms with van der Waals surface area (Å²) in [5.41, 5.74) is 2.00. The largest absolute Gasteiger partial charge is 0.488 e. The highest BCUT2D eigenvalue weighted by atomic mass is 35.5. The molecule has 0 fully saturated rings. The van der Waals surface area contributed by atoms with Crippen LogP contribution in [0.25, 0.3) is 0 Å². The van der Waals surface area contributed by atoms with E-state index in [9.17, 15) is 12.8 Å². The highest BCUT2D eigenvalue weighted by Gasteiger charge is 2.16. The molecule has 1 aromatic rings. The molecule has 0 aliphatic rings. The number of primary sulfonamides is 1. The number of sulfonamides is 1. The molecule has 0 bridgehead atoms. The van der Waals surface area contributed by atoms with Gasteiger partial charge in [-0.2, -0.15) is 0 Å². The lowest BCUT2D eigenvalue weighted by atomic mass is 10.3. The lowest BCUT2D eigenvalue weighted by molar-refractivity contribution is 0.342. The van der Waals surface area contributed by atoms with Gasteiger partial charge in [0, 0.05) is 5.54 Å². The fourth-order valence-corrected chi connectivity index (χ4v) is 1.79. The average Bonchev–Trinajstić information content (AvgIpc) is 2.25. The fraction of sp³-hybridized carbons (Fsp3) is 0.200. The number of ether oxygens (including phenoxy) is 1. The van der Waals surface area contributed by atoms with Crippen LogP contribution in [-0.4, -0.2) is 15.0 Å². The normalized spacial score (nSPS) is 12.6. The predicted octanol–water partition coefficient (Wildman–Crippen LogP) is 1.99. The molecule has 0 saturated heterocycles. The van der Waals surface area contributed by atoms with Crippen molar-refractivity contribution in [2.75, 3.05) is 6.61 Å². The minimum atomic E-state index is -4.03. The Morgan fingerprint density at radius 2 is 2.24 bits per heavy atom. The quantitative estimate of drug-likeness (QED) is 0.916. The van der Waals surface area contributed by atoms with Crippen LogP contribution in [0.3, 0.4) is 0 Å². The van der Waals surface area contributed by atoms with Gasteiger partial charge in [0.05, 0.1) is 0 Å². The van der Waals surface area contributed by atoms with E-state index in [2.05, 4.69) is 0 Å². The Morgan fingerprint density at radius 1 is 1.59 bits per heavy atom. The van der Waals surface area contributed by atoms with Crippen LogP contribution in [0.1, 0.15) is 6.92 Å². The first kappa shape index (κ1) is 14.0. The van der Waals surface area contributed by atoms with E-state index in [-0.39, 0.29) is 17.3 Å². The Hall–Kier alpha value is -1.11. The van der Waals surface area contributed by atoms with Gasteiger partial charge >= 0.3 is 0 Å². The Morgan fingerprint density at radius 3 is 2.76 bits per heavy atom. The van der Waals surface area contributed by atoms with Crippen molar-refractivity contribution in [3.63, 3.8) is 0 Å². The summed E-state index contributed by atoms with van der Waals surface area (Å²) < 4.78 is 40.5. The molecule has 0 aliphatic carbocycles. The third-order valence-electron chi connectivity index (χ3n) is 1.85. The van der Waals surface area contributed by atoms with Crippen LogP contribution < -0.4 is 9.88 Å². The maximum Gasteiger partial charge on any atom is 0.241 e. The summed E-state index contributed by atoms with van der Waals surface area (Å²) in [4.78, 5) is -0.389. The zero-order valence-electron chi connectivity index (χ0n) is 8.98. The van der Waals surface area contributed by atoms with Gasteiger partial charge in [0.2, 0.25) is 10.0 Å². The van der Waals surface area contributed by atoms with Crippen LogP contribution in [0, 0.1) is 5.82 Å². The molecule has 94 valence electrons. The molecule has 1 aromatic carbocycles. The van der Waals surface area contributed by atoms with Crippen molar-refractivity contribution in [2.24, 2.45) is 5.14 Å². The Balaban J connectivity index is 3.08. The molecule has 7 heteroatoms. The standard InChI is InChI=1S/C10H11ClFNO3S/c1-7(5-11)6-16-9-3-2-8(12)4-10(9)17(13,14)15/h2-5H,6H2,1H3,(H2,13,14,15)/b7-5-. The van der Waals surface area contributed by atoms with Gasteiger partial charge in [-0.3, -0.25) is 0 Å². The van der Waals surface area contributed by atoms with Crippen molar-refractivity contribution in [1.29, 1.82) is 0 Å². The number of rotatable bonds is 4. The first-order valence-corrected chi connectivity index (χ1v) is 6.54. The molecule has 0 saturated carbocycles. The van der Waals surface area contributed by atoms with Gasteiger partial charge in [0.1, 0.15) is 23.1 Å².